The van der Waals surface area contributed by atoms with E-state index in [4.69, 9.17) is 14.5 Å². The first-order valence-electron chi connectivity index (χ1n) is 12.8. The minimum absolute atomic E-state index is 0.0403. The molecule has 1 aliphatic heterocycles. The number of carbonyl (C=O) groups is 1. The highest BCUT2D eigenvalue weighted by Crippen LogP contribution is 2.32. The van der Waals surface area contributed by atoms with E-state index in [2.05, 4.69) is 16.3 Å². The number of aryl methyl sites for hydroxylation is 1. The van der Waals surface area contributed by atoms with E-state index < -0.39 is 0 Å². The van der Waals surface area contributed by atoms with Gasteiger partial charge in [-0.3, -0.25) is 14.7 Å². The number of piperidine rings is 1. The largest absolute Gasteiger partial charge is 0.497 e. The molecule has 34 heavy (non-hydrogen) atoms. The maximum atomic E-state index is 13.1. The number of aromatic nitrogens is 1. The topological polar surface area (TPSA) is 63.7 Å². The van der Waals surface area contributed by atoms with Gasteiger partial charge in [0.1, 0.15) is 11.5 Å². The summed E-state index contributed by atoms with van der Waals surface area (Å²) in [6.45, 7) is 5.58. The normalized spacial score (nSPS) is 18.0. The molecule has 1 aliphatic carbocycles. The number of likely N-dealkylation sites (tertiary alicyclic amines) is 1. The summed E-state index contributed by atoms with van der Waals surface area (Å²) in [6.07, 6.45) is 8.38. The number of carbonyl (C=O) groups excluding carboxylic acids is 1. The predicted octanol–water partition coefficient (Wildman–Crippen LogP) is 5.10. The molecule has 2 aliphatic rings. The Morgan fingerprint density at radius 2 is 1.79 bits per heavy atom. The quantitative estimate of drug-likeness (QED) is 0.588. The Morgan fingerprint density at radius 1 is 1.03 bits per heavy atom. The Balaban J connectivity index is 1.38. The number of hydrogen-bond donors (Lipinski definition) is 1. The van der Waals surface area contributed by atoms with E-state index >= 15 is 0 Å². The lowest BCUT2D eigenvalue weighted by molar-refractivity contribution is 0.0940. The summed E-state index contributed by atoms with van der Waals surface area (Å²) < 4.78 is 10.9. The molecular formula is C28H39N3O3. The van der Waals surface area contributed by atoms with Crippen molar-refractivity contribution < 1.29 is 14.3 Å². The van der Waals surface area contributed by atoms with Crippen molar-refractivity contribution in [3.63, 3.8) is 0 Å². The summed E-state index contributed by atoms with van der Waals surface area (Å²) in [5.74, 6) is 2.64. The molecule has 0 spiro atoms. The maximum Gasteiger partial charge on any atom is 0.253 e. The Labute approximate surface area is 204 Å². The number of hydrogen-bond acceptors (Lipinski definition) is 5. The Hall–Kier alpha value is -2.60. The molecule has 184 valence electrons. The van der Waals surface area contributed by atoms with Crippen molar-refractivity contribution in [2.75, 3.05) is 33.9 Å². The summed E-state index contributed by atoms with van der Waals surface area (Å²) in [5, 5.41) is 3.22. The molecule has 2 heterocycles. The van der Waals surface area contributed by atoms with Crippen molar-refractivity contribution in [2.45, 2.75) is 64.3 Å². The lowest BCUT2D eigenvalue weighted by Crippen LogP contribution is -2.35. The van der Waals surface area contributed by atoms with Crippen molar-refractivity contribution in [1.29, 1.82) is 0 Å². The molecule has 1 aromatic carbocycles. The number of pyridine rings is 1. The molecule has 6 nitrogen and oxygen atoms in total. The molecule has 1 saturated heterocycles. The molecule has 4 rings (SSSR count). The van der Waals surface area contributed by atoms with Crippen LogP contribution < -0.4 is 14.8 Å². The Kier molecular flexibility index (Phi) is 8.44. The van der Waals surface area contributed by atoms with Gasteiger partial charge in [0, 0.05) is 36.3 Å². The van der Waals surface area contributed by atoms with Gasteiger partial charge in [-0.05, 0) is 69.8 Å². The van der Waals surface area contributed by atoms with Crippen molar-refractivity contribution in [3.05, 3.63) is 52.8 Å². The van der Waals surface area contributed by atoms with Gasteiger partial charge in [0.15, 0.2) is 0 Å². The highest BCUT2D eigenvalue weighted by Gasteiger charge is 2.27. The highest BCUT2D eigenvalue weighted by molar-refractivity contribution is 5.95. The Morgan fingerprint density at radius 3 is 2.50 bits per heavy atom. The molecule has 0 bridgehead atoms. The standard InChI is InChI=1S/C28H39N3O3/c1-20-9-12-25(28(32)29-18-21-7-5-4-6-8-21)27(30-20)22-13-15-31(16-14-22)19-23-10-11-24(33-2)17-26(23)34-3/h9-12,17,21-22H,4-8,13-16,18-19H2,1-3H3,(H,29,32). The number of nitrogens with one attached hydrogen (secondary N) is 1. The van der Waals surface area contributed by atoms with Crippen LogP contribution in [0.25, 0.3) is 0 Å². The van der Waals surface area contributed by atoms with Crippen molar-refractivity contribution in [2.24, 2.45) is 5.92 Å². The number of benzene rings is 1. The number of nitrogens with zero attached hydrogens (tertiary/aromatic N) is 2. The summed E-state index contributed by atoms with van der Waals surface area (Å²) in [7, 11) is 3.37. The monoisotopic (exact) mass is 465 g/mol. The third-order valence-corrected chi connectivity index (χ3v) is 7.45. The van der Waals surface area contributed by atoms with Crippen LogP contribution >= 0.6 is 0 Å². The molecule has 1 N–H and O–H groups in total. The van der Waals surface area contributed by atoms with E-state index in [1.54, 1.807) is 14.2 Å². The van der Waals surface area contributed by atoms with Crippen LogP contribution in [-0.4, -0.2) is 49.6 Å². The van der Waals surface area contributed by atoms with Gasteiger partial charge in [-0.1, -0.05) is 25.3 Å². The smallest absolute Gasteiger partial charge is 0.253 e. The van der Waals surface area contributed by atoms with Gasteiger partial charge in [0.2, 0.25) is 0 Å². The van der Waals surface area contributed by atoms with Crippen LogP contribution in [0.5, 0.6) is 11.5 Å². The molecule has 1 amide bonds. The van der Waals surface area contributed by atoms with E-state index in [0.717, 1.165) is 67.5 Å². The van der Waals surface area contributed by atoms with Crippen LogP contribution in [0.15, 0.2) is 30.3 Å². The molecule has 6 heteroatoms. The van der Waals surface area contributed by atoms with E-state index in [0.29, 0.717) is 11.8 Å². The molecule has 0 unspecified atom stereocenters. The van der Waals surface area contributed by atoms with Crippen molar-refractivity contribution in [1.82, 2.24) is 15.2 Å². The number of methoxy groups -OCH3 is 2. The van der Waals surface area contributed by atoms with Gasteiger partial charge in [-0.25, -0.2) is 0 Å². The van der Waals surface area contributed by atoms with Crippen molar-refractivity contribution >= 4 is 5.91 Å². The third-order valence-electron chi connectivity index (χ3n) is 7.45. The number of amides is 1. The minimum atomic E-state index is 0.0403. The zero-order chi connectivity index (χ0) is 23.9. The van der Waals surface area contributed by atoms with E-state index in [1.807, 2.05) is 31.2 Å². The maximum absolute atomic E-state index is 13.1. The molecule has 2 fully saturated rings. The highest BCUT2D eigenvalue weighted by atomic mass is 16.5. The Bertz CT molecular complexity index is 963. The second-order valence-corrected chi connectivity index (χ2v) is 9.83. The van der Waals surface area contributed by atoms with Crippen LogP contribution in [0, 0.1) is 12.8 Å². The fourth-order valence-corrected chi connectivity index (χ4v) is 5.39. The molecule has 1 aromatic heterocycles. The summed E-state index contributed by atoms with van der Waals surface area (Å²) in [6, 6.07) is 9.95. The fourth-order valence-electron chi connectivity index (χ4n) is 5.39. The predicted molar refractivity (Wildman–Crippen MR) is 135 cm³/mol. The summed E-state index contributed by atoms with van der Waals surface area (Å²) in [4.78, 5) is 20.4. The SMILES string of the molecule is COc1ccc(CN2CCC(c3nc(C)ccc3C(=O)NCC3CCCCC3)CC2)c(OC)c1. The summed E-state index contributed by atoms with van der Waals surface area (Å²) in [5.41, 5.74) is 3.88. The van der Waals surface area contributed by atoms with Gasteiger partial charge < -0.3 is 14.8 Å². The fraction of sp³-hybridized carbons (Fsp3) is 0.571. The molecule has 0 atom stereocenters. The average molecular weight is 466 g/mol. The van der Waals surface area contributed by atoms with Gasteiger partial charge in [0.25, 0.3) is 5.91 Å². The second kappa shape index (κ2) is 11.7. The van der Waals surface area contributed by atoms with Crippen LogP contribution in [0.1, 0.15) is 78.2 Å². The van der Waals surface area contributed by atoms with Gasteiger partial charge >= 0.3 is 0 Å². The van der Waals surface area contributed by atoms with Gasteiger partial charge in [-0.2, -0.15) is 0 Å². The molecule has 1 saturated carbocycles. The molecule has 0 radical (unpaired) electrons. The minimum Gasteiger partial charge on any atom is -0.497 e. The zero-order valence-electron chi connectivity index (χ0n) is 20.9. The first-order chi connectivity index (χ1) is 16.6. The van der Waals surface area contributed by atoms with Crippen molar-refractivity contribution in [3.8, 4) is 11.5 Å². The van der Waals surface area contributed by atoms with E-state index in [9.17, 15) is 4.79 Å². The zero-order valence-corrected chi connectivity index (χ0v) is 20.9. The average Bonchev–Trinajstić information content (AvgIpc) is 2.88. The van der Waals surface area contributed by atoms with E-state index in [-0.39, 0.29) is 5.91 Å². The number of ether oxygens (including phenoxy) is 2. The first-order valence-corrected chi connectivity index (χ1v) is 12.8. The van der Waals surface area contributed by atoms with Gasteiger partial charge in [0.05, 0.1) is 25.5 Å². The molecule has 2 aromatic rings. The van der Waals surface area contributed by atoms with E-state index in [1.165, 1.54) is 37.7 Å². The number of rotatable bonds is 8. The lowest BCUT2D eigenvalue weighted by Gasteiger charge is -2.32. The van der Waals surface area contributed by atoms with Crippen LogP contribution in [0.2, 0.25) is 0 Å². The van der Waals surface area contributed by atoms with Crippen LogP contribution in [0.3, 0.4) is 0 Å². The molecular weight excluding hydrogens is 426 g/mol. The van der Waals surface area contributed by atoms with Gasteiger partial charge in [-0.15, -0.1) is 0 Å². The first kappa shape index (κ1) is 24.5. The third kappa shape index (κ3) is 6.09. The van der Waals surface area contributed by atoms with Crippen LogP contribution in [-0.2, 0) is 6.54 Å². The summed E-state index contributed by atoms with van der Waals surface area (Å²) >= 11 is 0. The second-order valence-electron chi connectivity index (χ2n) is 9.83. The lowest BCUT2D eigenvalue weighted by atomic mass is 9.88. The van der Waals surface area contributed by atoms with Crippen LogP contribution in [0.4, 0.5) is 0 Å².